The summed E-state index contributed by atoms with van der Waals surface area (Å²) >= 11 is 11.2. The second-order valence-corrected chi connectivity index (χ2v) is 3.57. The molecule has 2 N–H and O–H groups in total. The van der Waals surface area contributed by atoms with E-state index in [-0.39, 0.29) is 0 Å². The van der Waals surface area contributed by atoms with Gasteiger partial charge in [0.2, 0.25) is 0 Å². The van der Waals surface area contributed by atoms with Crippen LogP contribution in [0.25, 0.3) is 0 Å². The summed E-state index contributed by atoms with van der Waals surface area (Å²) in [5, 5.41) is 1.21. The van der Waals surface area contributed by atoms with Crippen LogP contribution in [0.3, 0.4) is 0 Å². The van der Waals surface area contributed by atoms with E-state index in [2.05, 4.69) is 0 Å². The van der Waals surface area contributed by atoms with E-state index in [1.165, 1.54) is 0 Å². The lowest BCUT2D eigenvalue weighted by atomic mass is 10.4. The van der Waals surface area contributed by atoms with Crippen LogP contribution in [0.4, 0.5) is 0 Å². The van der Waals surface area contributed by atoms with Crippen molar-refractivity contribution in [2.75, 3.05) is 0 Å². The highest BCUT2D eigenvalue weighted by Crippen LogP contribution is 2.19. The Balaban J connectivity index is 0.000000252. The van der Waals surface area contributed by atoms with E-state index in [0.29, 0.717) is 10.0 Å². The topological polar surface area (TPSA) is 74.6 Å². The Kier molecular flexibility index (Phi) is 5.27. The van der Waals surface area contributed by atoms with Crippen molar-refractivity contribution in [2.24, 2.45) is 0 Å². The lowest BCUT2D eigenvalue weighted by Crippen LogP contribution is -1.89. The molecule has 0 aromatic heterocycles. The molecular weight excluding hydrogens is 239 g/mol. The zero-order chi connectivity index (χ0) is 10.5. The third-order valence-corrected chi connectivity index (χ3v) is 1.58. The number of halogens is 2. The number of benzene rings is 1. The van der Waals surface area contributed by atoms with Crippen molar-refractivity contribution in [2.45, 2.75) is 0 Å². The zero-order valence-electron chi connectivity index (χ0n) is 6.18. The summed E-state index contributed by atoms with van der Waals surface area (Å²) in [5.41, 5.74) is 0. The molecule has 0 unspecified atom stereocenters. The van der Waals surface area contributed by atoms with Crippen LogP contribution in [0.2, 0.25) is 10.0 Å². The maximum absolute atomic E-state index is 8.74. The molecule has 0 amide bonds. The summed E-state index contributed by atoms with van der Waals surface area (Å²) in [5.74, 6) is 0. The first-order chi connectivity index (χ1) is 5.80. The third-order valence-electron chi connectivity index (χ3n) is 0.824. The van der Waals surface area contributed by atoms with Crippen LogP contribution in [-0.4, -0.2) is 17.5 Å². The SMILES string of the molecule is Clc1ccccc1Cl.O=S(=O)(O)O. The monoisotopic (exact) mass is 244 g/mol. The van der Waals surface area contributed by atoms with E-state index in [0.717, 1.165) is 0 Å². The molecule has 0 saturated carbocycles. The van der Waals surface area contributed by atoms with Gasteiger partial charge >= 0.3 is 10.4 Å². The standard InChI is InChI=1S/C6H4Cl2.H2O4S/c7-5-3-1-2-4-6(5)8;1-5(2,3)4/h1-4H;(H2,1,2,3,4). The second kappa shape index (κ2) is 5.41. The van der Waals surface area contributed by atoms with Crippen molar-refractivity contribution < 1.29 is 17.5 Å². The van der Waals surface area contributed by atoms with Gasteiger partial charge in [0.25, 0.3) is 0 Å². The molecular formula is C6H6Cl2O4S. The van der Waals surface area contributed by atoms with E-state index in [4.69, 9.17) is 40.7 Å². The molecule has 4 nitrogen and oxygen atoms in total. The van der Waals surface area contributed by atoms with Gasteiger partial charge in [0.15, 0.2) is 0 Å². The van der Waals surface area contributed by atoms with Crippen molar-refractivity contribution >= 4 is 33.6 Å². The molecule has 1 aromatic rings. The summed E-state index contributed by atoms with van der Waals surface area (Å²) in [6.07, 6.45) is 0. The largest absolute Gasteiger partial charge is 0.394 e. The minimum absolute atomic E-state index is 0.606. The number of rotatable bonds is 0. The Morgan fingerprint density at radius 1 is 1.00 bits per heavy atom. The molecule has 0 fully saturated rings. The maximum Gasteiger partial charge on any atom is 0.394 e. The molecule has 0 aliphatic heterocycles. The molecule has 0 aliphatic carbocycles. The summed E-state index contributed by atoms with van der Waals surface area (Å²) in [7, 11) is -4.67. The molecule has 0 aliphatic rings. The van der Waals surface area contributed by atoms with E-state index in [1.54, 1.807) is 12.1 Å². The van der Waals surface area contributed by atoms with Crippen LogP contribution >= 0.6 is 23.2 Å². The van der Waals surface area contributed by atoms with Crippen LogP contribution in [0.5, 0.6) is 0 Å². The molecule has 1 rings (SSSR count). The van der Waals surface area contributed by atoms with Crippen LogP contribution in [-0.2, 0) is 10.4 Å². The van der Waals surface area contributed by atoms with Crippen molar-refractivity contribution in [3.8, 4) is 0 Å². The van der Waals surface area contributed by atoms with Gasteiger partial charge in [-0.05, 0) is 12.1 Å². The molecule has 0 bridgehead atoms. The third kappa shape index (κ3) is 9.59. The van der Waals surface area contributed by atoms with Crippen molar-refractivity contribution in [1.82, 2.24) is 0 Å². The Labute approximate surface area is 85.7 Å². The zero-order valence-corrected chi connectivity index (χ0v) is 8.51. The molecule has 0 saturated heterocycles. The smallest absolute Gasteiger partial charge is 0.264 e. The number of hydrogen-bond donors (Lipinski definition) is 2. The minimum Gasteiger partial charge on any atom is -0.264 e. The molecule has 7 heteroatoms. The summed E-state index contributed by atoms with van der Waals surface area (Å²) in [4.78, 5) is 0. The van der Waals surface area contributed by atoms with Gasteiger partial charge in [-0.15, -0.1) is 0 Å². The Morgan fingerprint density at radius 3 is 1.38 bits per heavy atom. The molecule has 0 radical (unpaired) electrons. The molecule has 0 heterocycles. The van der Waals surface area contributed by atoms with E-state index < -0.39 is 10.4 Å². The van der Waals surface area contributed by atoms with Crippen LogP contribution in [0, 0.1) is 0 Å². The van der Waals surface area contributed by atoms with Gasteiger partial charge in [-0.1, -0.05) is 35.3 Å². The predicted molar refractivity (Wildman–Crippen MR) is 50.6 cm³/mol. The molecule has 0 spiro atoms. The van der Waals surface area contributed by atoms with Crippen molar-refractivity contribution in [1.29, 1.82) is 0 Å². The van der Waals surface area contributed by atoms with E-state index in [1.807, 2.05) is 12.1 Å². The van der Waals surface area contributed by atoms with Gasteiger partial charge < -0.3 is 0 Å². The summed E-state index contributed by atoms with van der Waals surface area (Å²) in [6, 6.07) is 7.19. The normalized spacial score (nSPS) is 10.2. The first-order valence-corrected chi connectivity index (χ1v) is 5.06. The number of hydrogen-bond acceptors (Lipinski definition) is 2. The highest BCUT2D eigenvalue weighted by Gasteiger charge is 1.89. The van der Waals surface area contributed by atoms with E-state index >= 15 is 0 Å². The van der Waals surface area contributed by atoms with Gasteiger partial charge in [-0.25, -0.2) is 0 Å². The fourth-order valence-electron chi connectivity index (χ4n) is 0.439. The summed E-state index contributed by atoms with van der Waals surface area (Å²) < 4.78 is 31.6. The average molecular weight is 245 g/mol. The first kappa shape index (κ1) is 12.7. The van der Waals surface area contributed by atoms with Gasteiger partial charge in [0.1, 0.15) is 0 Å². The molecule has 13 heavy (non-hydrogen) atoms. The fraction of sp³-hybridized carbons (Fsp3) is 0. The van der Waals surface area contributed by atoms with Crippen LogP contribution < -0.4 is 0 Å². The molecule has 74 valence electrons. The van der Waals surface area contributed by atoms with Gasteiger partial charge in [-0.2, -0.15) is 8.42 Å². The minimum atomic E-state index is -4.67. The maximum atomic E-state index is 8.74. The Bertz CT molecular complexity index is 334. The molecule has 1 aromatic carbocycles. The fourth-order valence-corrected chi connectivity index (χ4v) is 0.711. The van der Waals surface area contributed by atoms with Gasteiger partial charge in [0, 0.05) is 0 Å². The molecule has 0 atom stereocenters. The predicted octanol–water partition coefficient (Wildman–Crippen LogP) is 2.34. The quantitative estimate of drug-likeness (QED) is 0.688. The Hall–Kier alpha value is -0.330. The lowest BCUT2D eigenvalue weighted by molar-refractivity contribution is 0.381. The van der Waals surface area contributed by atoms with Crippen LogP contribution in [0.15, 0.2) is 24.3 Å². The van der Waals surface area contributed by atoms with Crippen molar-refractivity contribution in [3.63, 3.8) is 0 Å². The lowest BCUT2D eigenvalue weighted by Gasteiger charge is -1.88. The second-order valence-electron chi connectivity index (χ2n) is 1.86. The highest BCUT2D eigenvalue weighted by molar-refractivity contribution is 7.79. The van der Waals surface area contributed by atoms with Gasteiger partial charge in [-0.3, -0.25) is 9.11 Å². The summed E-state index contributed by atoms with van der Waals surface area (Å²) in [6.45, 7) is 0. The van der Waals surface area contributed by atoms with Gasteiger partial charge in [0.05, 0.1) is 10.0 Å². The average Bonchev–Trinajstić information content (AvgIpc) is 1.92. The van der Waals surface area contributed by atoms with Crippen LogP contribution in [0.1, 0.15) is 0 Å². The van der Waals surface area contributed by atoms with Crippen molar-refractivity contribution in [3.05, 3.63) is 34.3 Å². The highest BCUT2D eigenvalue weighted by atomic mass is 35.5. The van der Waals surface area contributed by atoms with E-state index in [9.17, 15) is 0 Å². The first-order valence-electron chi connectivity index (χ1n) is 2.90. The Morgan fingerprint density at radius 2 is 1.23 bits per heavy atom.